The fourth-order valence-electron chi connectivity index (χ4n) is 1.95. The van der Waals surface area contributed by atoms with E-state index in [0.29, 0.717) is 10.9 Å². The third-order valence-electron chi connectivity index (χ3n) is 2.98. The molecule has 2 rings (SSSR count). The zero-order chi connectivity index (χ0) is 17.2. The Morgan fingerprint density at radius 1 is 1.35 bits per heavy atom. The minimum atomic E-state index is -1.65. The molecule has 6 nitrogen and oxygen atoms in total. The highest BCUT2D eigenvalue weighted by molar-refractivity contribution is 6.83. The Morgan fingerprint density at radius 3 is 2.61 bits per heavy atom. The number of para-hydroxylation sites is 1. The van der Waals surface area contributed by atoms with Gasteiger partial charge in [0.1, 0.15) is 13.6 Å². The summed E-state index contributed by atoms with van der Waals surface area (Å²) in [4.78, 5) is 26.6. The Labute approximate surface area is 134 Å². The summed E-state index contributed by atoms with van der Waals surface area (Å²) in [6.07, 6.45) is 0. The number of nitro benzene ring substituents is 1. The number of carbonyl (C=O) groups excluding carboxylic acids is 1. The number of ether oxygens (including phenoxy) is 1. The quantitative estimate of drug-likeness (QED) is 0.278. The number of nitrogens with zero attached hydrogens (tertiary/aromatic N) is 2. The van der Waals surface area contributed by atoms with Crippen LogP contribution in [0.3, 0.4) is 0 Å². The van der Waals surface area contributed by atoms with Gasteiger partial charge in [-0.05, 0) is 6.07 Å². The van der Waals surface area contributed by atoms with Gasteiger partial charge in [-0.2, -0.15) is 0 Å². The molecule has 0 aliphatic rings. The Morgan fingerprint density at radius 2 is 2.04 bits per heavy atom. The minimum Gasteiger partial charge on any atom is -0.464 e. The molecule has 7 heteroatoms. The fourth-order valence-corrected chi connectivity index (χ4v) is 2.46. The summed E-state index contributed by atoms with van der Waals surface area (Å²) in [5.41, 5.74) is 3.73. The van der Waals surface area contributed by atoms with Crippen molar-refractivity contribution in [3.63, 3.8) is 0 Å². The number of aromatic nitrogens is 1. The first kappa shape index (κ1) is 16.6. The molecule has 0 bridgehead atoms. The van der Waals surface area contributed by atoms with Crippen LogP contribution >= 0.6 is 0 Å². The predicted molar refractivity (Wildman–Crippen MR) is 90.0 cm³/mol. The first-order chi connectivity index (χ1) is 10.7. The van der Waals surface area contributed by atoms with Gasteiger partial charge in [-0.15, -0.1) is 5.54 Å². The van der Waals surface area contributed by atoms with Crippen molar-refractivity contribution < 1.29 is 14.5 Å². The molecule has 0 unspecified atom stereocenters. The number of hydrogen-bond acceptors (Lipinski definition) is 5. The van der Waals surface area contributed by atoms with Crippen molar-refractivity contribution in [3.8, 4) is 11.5 Å². The van der Waals surface area contributed by atoms with Gasteiger partial charge in [0.2, 0.25) is 0 Å². The molecule has 0 radical (unpaired) electrons. The molecule has 1 aromatic heterocycles. The molecule has 118 valence electrons. The third kappa shape index (κ3) is 3.73. The number of carbonyl (C=O) groups is 1. The van der Waals surface area contributed by atoms with Crippen LogP contribution in [0.2, 0.25) is 19.6 Å². The van der Waals surface area contributed by atoms with E-state index in [1.165, 1.54) is 19.2 Å². The molecule has 0 aliphatic heterocycles. The van der Waals surface area contributed by atoms with E-state index in [-0.39, 0.29) is 16.9 Å². The highest BCUT2D eigenvalue weighted by Crippen LogP contribution is 2.27. The fraction of sp³-hybridized carbons (Fsp3) is 0.250. The largest absolute Gasteiger partial charge is 0.464 e. The van der Waals surface area contributed by atoms with Crippen molar-refractivity contribution in [2.75, 3.05) is 7.11 Å². The number of pyridine rings is 1. The van der Waals surface area contributed by atoms with Crippen LogP contribution in [0.1, 0.15) is 16.1 Å². The number of esters is 1. The maximum absolute atomic E-state index is 11.8. The van der Waals surface area contributed by atoms with E-state index in [2.05, 4.69) is 40.8 Å². The van der Waals surface area contributed by atoms with E-state index >= 15 is 0 Å². The predicted octanol–water partition coefficient (Wildman–Crippen LogP) is 3.16. The van der Waals surface area contributed by atoms with Crippen molar-refractivity contribution in [2.24, 2.45) is 0 Å². The van der Waals surface area contributed by atoms with E-state index in [1.807, 2.05) is 0 Å². The lowest BCUT2D eigenvalue weighted by atomic mass is 10.1. The summed E-state index contributed by atoms with van der Waals surface area (Å²) in [7, 11) is -0.410. The summed E-state index contributed by atoms with van der Waals surface area (Å²) in [6.45, 7) is 6.27. The summed E-state index contributed by atoms with van der Waals surface area (Å²) in [6, 6.07) is 6.17. The summed E-state index contributed by atoms with van der Waals surface area (Å²) in [5, 5.41) is 11.8. The van der Waals surface area contributed by atoms with Gasteiger partial charge in [-0.3, -0.25) is 10.1 Å². The second-order valence-corrected chi connectivity index (χ2v) is 10.7. The zero-order valence-corrected chi connectivity index (χ0v) is 14.3. The number of benzene rings is 1. The smallest absolute Gasteiger partial charge is 0.356 e. The minimum absolute atomic E-state index is 0.00850. The highest BCUT2D eigenvalue weighted by atomic mass is 28.3. The Kier molecular flexibility index (Phi) is 4.47. The first-order valence-corrected chi connectivity index (χ1v) is 10.4. The number of fused-ring (bicyclic) bond motifs is 1. The molecule has 0 amide bonds. The van der Waals surface area contributed by atoms with Gasteiger partial charge < -0.3 is 4.74 Å². The average Bonchev–Trinajstić information content (AvgIpc) is 2.49. The molecule has 0 aliphatic carbocycles. The van der Waals surface area contributed by atoms with E-state index in [9.17, 15) is 14.9 Å². The highest BCUT2D eigenvalue weighted by Gasteiger charge is 2.19. The lowest BCUT2D eigenvalue weighted by Gasteiger charge is -2.07. The number of hydrogen-bond donors (Lipinski definition) is 0. The van der Waals surface area contributed by atoms with Crippen molar-refractivity contribution in [2.45, 2.75) is 19.6 Å². The topological polar surface area (TPSA) is 82.3 Å². The summed E-state index contributed by atoms with van der Waals surface area (Å²) in [5.74, 6) is 2.40. The molecule has 0 atom stereocenters. The molecule has 2 aromatic rings. The van der Waals surface area contributed by atoms with Crippen molar-refractivity contribution in [1.82, 2.24) is 4.98 Å². The lowest BCUT2D eigenvalue weighted by molar-refractivity contribution is -0.383. The molecule has 0 spiro atoms. The van der Waals surface area contributed by atoms with Gasteiger partial charge in [0.15, 0.2) is 5.69 Å². The summed E-state index contributed by atoms with van der Waals surface area (Å²) >= 11 is 0. The van der Waals surface area contributed by atoms with E-state index in [4.69, 9.17) is 0 Å². The molecule has 1 aromatic carbocycles. The Bertz CT molecular complexity index is 860. The second-order valence-electron chi connectivity index (χ2n) is 5.98. The van der Waals surface area contributed by atoms with E-state index in [0.717, 1.165) is 0 Å². The SMILES string of the molecule is COC(=O)c1cc(C#C[Si](C)(C)C)c2cccc([N+](=O)[O-])c2n1. The van der Waals surface area contributed by atoms with Crippen LogP contribution in [-0.4, -0.2) is 31.1 Å². The van der Waals surface area contributed by atoms with Crippen molar-refractivity contribution >= 4 is 30.6 Å². The van der Waals surface area contributed by atoms with Crippen LogP contribution in [0.5, 0.6) is 0 Å². The molecule has 0 N–H and O–H groups in total. The molecule has 0 saturated carbocycles. The zero-order valence-electron chi connectivity index (χ0n) is 13.3. The van der Waals surface area contributed by atoms with Gasteiger partial charge in [-0.25, -0.2) is 9.78 Å². The van der Waals surface area contributed by atoms with Crippen LogP contribution in [0.4, 0.5) is 5.69 Å². The van der Waals surface area contributed by atoms with Gasteiger partial charge in [0, 0.05) is 17.0 Å². The Balaban J connectivity index is 2.83. The standard InChI is InChI=1S/C16H16N2O4Si/c1-22-16(19)13-10-11(8-9-23(2,3)4)12-6-5-7-14(18(20)21)15(12)17-13/h5-7,10H,1-4H3. The van der Waals surface area contributed by atoms with Crippen molar-refractivity contribution in [1.29, 1.82) is 0 Å². The average molecular weight is 328 g/mol. The molecule has 0 saturated heterocycles. The normalized spacial score (nSPS) is 10.8. The maximum Gasteiger partial charge on any atom is 0.356 e. The van der Waals surface area contributed by atoms with E-state index in [1.54, 1.807) is 12.1 Å². The third-order valence-corrected chi connectivity index (χ3v) is 3.86. The number of methoxy groups -OCH3 is 1. The first-order valence-electron chi connectivity index (χ1n) is 6.92. The van der Waals surface area contributed by atoms with Gasteiger partial charge >= 0.3 is 5.97 Å². The van der Waals surface area contributed by atoms with Crippen molar-refractivity contribution in [3.05, 3.63) is 45.6 Å². The van der Waals surface area contributed by atoms with Gasteiger partial charge in [0.25, 0.3) is 5.69 Å². The van der Waals surface area contributed by atoms with Gasteiger partial charge in [0.05, 0.1) is 12.0 Å². The molecule has 0 fully saturated rings. The number of non-ortho nitro benzene ring substituents is 1. The van der Waals surface area contributed by atoms with Crippen LogP contribution in [0.15, 0.2) is 24.3 Å². The second kappa shape index (κ2) is 6.18. The van der Waals surface area contributed by atoms with Crippen LogP contribution in [0.25, 0.3) is 10.9 Å². The van der Waals surface area contributed by atoms with E-state index < -0.39 is 19.0 Å². The lowest BCUT2D eigenvalue weighted by Crippen LogP contribution is -2.16. The monoisotopic (exact) mass is 328 g/mol. The molecule has 1 heterocycles. The molecule has 23 heavy (non-hydrogen) atoms. The van der Waals surface area contributed by atoms with Crippen LogP contribution < -0.4 is 0 Å². The van der Waals surface area contributed by atoms with Crippen LogP contribution in [0, 0.1) is 21.6 Å². The Hall–Kier alpha value is -2.72. The molecular formula is C16H16N2O4Si. The number of rotatable bonds is 2. The van der Waals surface area contributed by atoms with Crippen LogP contribution in [-0.2, 0) is 4.74 Å². The van der Waals surface area contributed by atoms with Gasteiger partial charge in [-0.1, -0.05) is 37.7 Å². The summed E-state index contributed by atoms with van der Waals surface area (Å²) < 4.78 is 4.68. The number of nitro groups is 1. The molecular weight excluding hydrogens is 312 g/mol. The maximum atomic E-state index is 11.8.